The highest BCUT2D eigenvalue weighted by Gasteiger charge is 2.23. The lowest BCUT2D eigenvalue weighted by atomic mass is 9.87. The van der Waals surface area contributed by atoms with Crippen LogP contribution in [0.4, 0.5) is 0 Å². The van der Waals surface area contributed by atoms with E-state index in [1.807, 2.05) is 29.5 Å². The molecular formula is C42H28N4S. The molecule has 5 heteroatoms. The number of thiophene rings is 1. The van der Waals surface area contributed by atoms with Crippen molar-refractivity contribution in [1.82, 2.24) is 19.5 Å². The van der Waals surface area contributed by atoms with Gasteiger partial charge in [0.05, 0.1) is 11.0 Å². The number of hydrogen-bond acceptors (Lipinski definition) is 4. The van der Waals surface area contributed by atoms with E-state index in [0.29, 0.717) is 23.5 Å². The summed E-state index contributed by atoms with van der Waals surface area (Å²) in [5.41, 5.74) is 6.84. The summed E-state index contributed by atoms with van der Waals surface area (Å²) >= 11 is 1.81. The molecule has 1 aliphatic rings. The molecule has 3 aromatic heterocycles. The maximum atomic E-state index is 5.35. The fourth-order valence-corrected chi connectivity index (χ4v) is 8.49. The van der Waals surface area contributed by atoms with E-state index in [1.54, 1.807) is 0 Å². The number of rotatable bonds is 3. The molecule has 10 rings (SSSR count). The Morgan fingerprint density at radius 2 is 1.36 bits per heavy atom. The van der Waals surface area contributed by atoms with E-state index < -0.39 is 0 Å². The number of hydrogen-bond donors (Lipinski definition) is 0. The van der Waals surface area contributed by atoms with Crippen molar-refractivity contribution in [1.29, 1.82) is 0 Å². The second-order valence-corrected chi connectivity index (χ2v) is 13.6. The van der Waals surface area contributed by atoms with Crippen LogP contribution in [0, 0.1) is 0 Å². The van der Waals surface area contributed by atoms with Crippen LogP contribution >= 0.6 is 11.3 Å². The van der Waals surface area contributed by atoms with Crippen molar-refractivity contribution < 1.29 is 0 Å². The van der Waals surface area contributed by atoms with Gasteiger partial charge in [0.15, 0.2) is 11.6 Å². The lowest BCUT2D eigenvalue weighted by molar-refractivity contribution is 0.772. The van der Waals surface area contributed by atoms with Crippen molar-refractivity contribution in [3.05, 3.63) is 139 Å². The van der Waals surface area contributed by atoms with Crippen LogP contribution in [0.2, 0.25) is 0 Å². The molecule has 0 saturated carbocycles. The highest BCUT2D eigenvalue weighted by molar-refractivity contribution is 7.25. The minimum atomic E-state index is 0.434. The van der Waals surface area contributed by atoms with E-state index in [2.05, 4.69) is 127 Å². The summed E-state index contributed by atoms with van der Waals surface area (Å²) in [6.07, 6.45) is 5.61. The molecule has 0 fully saturated rings. The Labute approximate surface area is 275 Å². The summed E-state index contributed by atoms with van der Waals surface area (Å²) in [7, 11) is 0. The number of benzene rings is 6. The summed E-state index contributed by atoms with van der Waals surface area (Å²) in [5, 5.41) is 7.22. The van der Waals surface area contributed by atoms with E-state index in [0.717, 1.165) is 28.6 Å². The van der Waals surface area contributed by atoms with E-state index in [9.17, 15) is 0 Å². The second kappa shape index (κ2) is 10.2. The Balaban J connectivity index is 1.34. The Bertz CT molecular complexity index is 2730. The molecule has 0 N–H and O–H groups in total. The van der Waals surface area contributed by atoms with Crippen molar-refractivity contribution in [3.63, 3.8) is 0 Å². The first-order valence-electron chi connectivity index (χ1n) is 16.1. The minimum absolute atomic E-state index is 0.434. The topological polar surface area (TPSA) is 43.6 Å². The molecule has 1 aliphatic carbocycles. The molecule has 0 saturated heterocycles. The zero-order valence-electron chi connectivity index (χ0n) is 25.7. The quantitative estimate of drug-likeness (QED) is 0.197. The van der Waals surface area contributed by atoms with Crippen LogP contribution in [0.5, 0.6) is 0 Å². The van der Waals surface area contributed by atoms with Gasteiger partial charge in [-0.25, -0.2) is 4.98 Å². The van der Waals surface area contributed by atoms with Crippen LogP contribution in [-0.4, -0.2) is 19.5 Å². The average Bonchev–Trinajstić information content (AvgIpc) is 3.65. The van der Waals surface area contributed by atoms with Crippen LogP contribution < -0.4 is 0 Å². The average molecular weight is 621 g/mol. The highest BCUT2D eigenvalue weighted by Crippen LogP contribution is 2.42. The first-order valence-corrected chi connectivity index (χ1v) is 16.9. The molecule has 9 aromatic rings. The van der Waals surface area contributed by atoms with E-state index >= 15 is 0 Å². The van der Waals surface area contributed by atoms with Crippen LogP contribution in [0.15, 0.2) is 127 Å². The Hall–Kier alpha value is -5.65. The Kier molecular flexibility index (Phi) is 5.75. The third-order valence-electron chi connectivity index (χ3n) is 9.65. The number of aromatic nitrogens is 4. The van der Waals surface area contributed by atoms with Crippen molar-refractivity contribution in [2.24, 2.45) is 0 Å². The molecule has 4 nitrogen and oxygen atoms in total. The monoisotopic (exact) mass is 620 g/mol. The van der Waals surface area contributed by atoms with Gasteiger partial charge in [-0.05, 0) is 70.6 Å². The summed E-state index contributed by atoms with van der Waals surface area (Å²) in [6.45, 7) is 2.32. The smallest absolute Gasteiger partial charge is 0.238 e. The molecule has 3 heterocycles. The standard InChI is InChI=1S/C42H28N4S/c1-25-11-9-16-29-22-34-33-21-27-14-5-6-15-28(27)23-35(33)46(36(34)24-32(25)29)42-44-40(26-12-3-2-4-13-26)43-41(45-42)31-18-10-20-38-39(31)30-17-7-8-19-37(30)47-38/h2-10,12-25H,11H2,1H3. The summed E-state index contributed by atoms with van der Waals surface area (Å²) < 4.78 is 4.75. The predicted octanol–water partition coefficient (Wildman–Crippen LogP) is 11.3. The summed E-state index contributed by atoms with van der Waals surface area (Å²) in [4.78, 5) is 15.8. The molecule has 6 aromatic carbocycles. The van der Waals surface area contributed by atoms with E-state index in [-0.39, 0.29) is 0 Å². The summed E-state index contributed by atoms with van der Waals surface area (Å²) in [5.74, 6) is 2.39. The molecule has 1 atom stereocenters. The van der Waals surface area contributed by atoms with Gasteiger partial charge in [-0.15, -0.1) is 11.3 Å². The molecule has 0 amide bonds. The molecule has 222 valence electrons. The van der Waals surface area contributed by atoms with Crippen molar-refractivity contribution in [2.75, 3.05) is 0 Å². The molecule has 1 unspecified atom stereocenters. The Morgan fingerprint density at radius 3 is 2.26 bits per heavy atom. The lowest BCUT2D eigenvalue weighted by Crippen LogP contribution is -2.07. The molecule has 0 bridgehead atoms. The van der Waals surface area contributed by atoms with Crippen molar-refractivity contribution in [3.8, 4) is 28.7 Å². The third-order valence-corrected chi connectivity index (χ3v) is 10.8. The fourth-order valence-electron chi connectivity index (χ4n) is 7.36. The minimum Gasteiger partial charge on any atom is -0.278 e. The maximum Gasteiger partial charge on any atom is 0.238 e. The van der Waals surface area contributed by atoms with Crippen molar-refractivity contribution >= 4 is 70.2 Å². The van der Waals surface area contributed by atoms with Gasteiger partial charge in [0.25, 0.3) is 0 Å². The molecular weight excluding hydrogens is 593 g/mol. The van der Waals surface area contributed by atoms with E-state index in [1.165, 1.54) is 52.8 Å². The molecule has 0 aliphatic heterocycles. The largest absolute Gasteiger partial charge is 0.278 e. The SMILES string of the molecule is CC1CC=Cc2cc3c4cc5ccccc5cc4n(-c4nc(-c5ccccc5)nc(-c5cccc6sc7ccccc7c56)n4)c3cc21. The van der Waals surface area contributed by atoms with Gasteiger partial charge in [0.1, 0.15) is 0 Å². The Morgan fingerprint density at radius 1 is 0.638 bits per heavy atom. The summed E-state index contributed by atoms with van der Waals surface area (Å²) in [6, 6.07) is 43.3. The first kappa shape index (κ1) is 26.6. The van der Waals surface area contributed by atoms with Gasteiger partial charge in [0.2, 0.25) is 5.95 Å². The number of allylic oxidation sites excluding steroid dienone is 1. The zero-order chi connectivity index (χ0) is 31.1. The highest BCUT2D eigenvalue weighted by atomic mass is 32.1. The fraction of sp³-hybridized carbons (Fsp3) is 0.0714. The predicted molar refractivity (Wildman–Crippen MR) is 197 cm³/mol. The van der Waals surface area contributed by atoms with Gasteiger partial charge >= 0.3 is 0 Å². The molecule has 0 radical (unpaired) electrons. The zero-order valence-corrected chi connectivity index (χ0v) is 26.5. The first-order chi connectivity index (χ1) is 23.2. The lowest BCUT2D eigenvalue weighted by Gasteiger charge is -2.18. The van der Waals surface area contributed by atoms with Crippen LogP contribution in [0.1, 0.15) is 30.4 Å². The number of fused-ring (bicyclic) bond motifs is 8. The van der Waals surface area contributed by atoms with Gasteiger partial charge < -0.3 is 0 Å². The van der Waals surface area contributed by atoms with Gasteiger partial charge in [-0.3, -0.25) is 4.57 Å². The molecule has 0 spiro atoms. The number of nitrogens with zero attached hydrogens (tertiary/aromatic N) is 4. The van der Waals surface area contributed by atoms with Gasteiger partial charge in [-0.2, -0.15) is 9.97 Å². The van der Waals surface area contributed by atoms with Gasteiger partial charge in [0, 0.05) is 42.1 Å². The normalized spacial score (nSPS) is 14.5. The van der Waals surface area contributed by atoms with Crippen LogP contribution in [0.3, 0.4) is 0 Å². The maximum absolute atomic E-state index is 5.35. The third kappa shape index (κ3) is 4.10. The van der Waals surface area contributed by atoms with Crippen LogP contribution in [0.25, 0.3) is 87.6 Å². The van der Waals surface area contributed by atoms with Crippen molar-refractivity contribution in [2.45, 2.75) is 19.3 Å². The van der Waals surface area contributed by atoms with E-state index in [4.69, 9.17) is 15.0 Å². The molecule has 47 heavy (non-hydrogen) atoms. The second-order valence-electron chi connectivity index (χ2n) is 12.5. The van der Waals surface area contributed by atoms with Crippen LogP contribution in [-0.2, 0) is 0 Å². The van der Waals surface area contributed by atoms with Gasteiger partial charge in [-0.1, -0.05) is 104 Å².